The maximum absolute atomic E-state index is 13.3. The lowest BCUT2D eigenvalue weighted by molar-refractivity contribution is -0.138. The molecule has 0 radical (unpaired) electrons. The van der Waals surface area contributed by atoms with E-state index in [9.17, 15) is 17.6 Å². The van der Waals surface area contributed by atoms with Gasteiger partial charge in [-0.2, -0.15) is 0 Å². The Kier molecular flexibility index (Phi) is 6.32. The molecule has 2 rings (SSSR count). The standard InChI is InChI=1S/C20H21FO4S/c1-4-18(20(22)25-5-2)19(14-6-10-16(21)11-7-14)15-8-12-17(13-9-15)26(3,23)24/h6-13H,4-5H2,1-3H3/b19-18+. The number of rotatable bonds is 6. The van der Waals surface area contributed by atoms with Crippen molar-refractivity contribution in [1.29, 1.82) is 0 Å². The summed E-state index contributed by atoms with van der Waals surface area (Å²) in [4.78, 5) is 12.6. The second-order valence-electron chi connectivity index (χ2n) is 5.73. The van der Waals surface area contributed by atoms with E-state index in [0.29, 0.717) is 28.7 Å². The molecular formula is C20H21FO4S. The van der Waals surface area contributed by atoms with Gasteiger partial charge < -0.3 is 4.74 Å². The van der Waals surface area contributed by atoms with Gasteiger partial charge in [0.05, 0.1) is 11.5 Å². The molecule has 0 heterocycles. The molecule has 0 saturated heterocycles. The van der Waals surface area contributed by atoms with E-state index in [4.69, 9.17) is 4.74 Å². The van der Waals surface area contributed by atoms with E-state index in [0.717, 1.165) is 6.26 Å². The first kappa shape index (κ1) is 19.8. The molecule has 6 heteroatoms. The van der Waals surface area contributed by atoms with Gasteiger partial charge in [0.15, 0.2) is 9.84 Å². The number of halogens is 1. The van der Waals surface area contributed by atoms with Gasteiger partial charge in [-0.25, -0.2) is 17.6 Å². The lowest BCUT2D eigenvalue weighted by Crippen LogP contribution is -2.10. The van der Waals surface area contributed by atoms with Crippen LogP contribution in [0.15, 0.2) is 59.0 Å². The Bertz CT molecular complexity index is 911. The third kappa shape index (κ3) is 4.58. The fourth-order valence-electron chi connectivity index (χ4n) is 2.64. The molecule has 0 spiro atoms. The van der Waals surface area contributed by atoms with Gasteiger partial charge in [0.25, 0.3) is 0 Å². The van der Waals surface area contributed by atoms with Gasteiger partial charge in [-0.15, -0.1) is 0 Å². The summed E-state index contributed by atoms with van der Waals surface area (Å²) in [6.45, 7) is 3.80. The second kappa shape index (κ2) is 8.27. The van der Waals surface area contributed by atoms with Crippen LogP contribution in [0.1, 0.15) is 31.4 Å². The number of ether oxygens (including phenoxy) is 1. The zero-order chi connectivity index (χ0) is 19.3. The van der Waals surface area contributed by atoms with E-state index >= 15 is 0 Å². The lowest BCUT2D eigenvalue weighted by atomic mass is 9.92. The average Bonchev–Trinajstić information content (AvgIpc) is 2.60. The van der Waals surface area contributed by atoms with Crippen molar-refractivity contribution >= 4 is 21.4 Å². The van der Waals surface area contributed by atoms with Gasteiger partial charge in [-0.3, -0.25) is 0 Å². The third-order valence-electron chi connectivity index (χ3n) is 3.88. The highest BCUT2D eigenvalue weighted by molar-refractivity contribution is 7.90. The van der Waals surface area contributed by atoms with Gasteiger partial charge in [0, 0.05) is 11.8 Å². The van der Waals surface area contributed by atoms with Gasteiger partial charge >= 0.3 is 5.97 Å². The molecule has 0 aliphatic carbocycles. The predicted octanol–water partition coefficient (Wildman–Crippen LogP) is 4.00. The zero-order valence-electron chi connectivity index (χ0n) is 15.0. The Labute approximate surface area is 153 Å². The van der Waals surface area contributed by atoms with Crippen molar-refractivity contribution in [3.63, 3.8) is 0 Å². The Balaban J connectivity index is 2.67. The summed E-state index contributed by atoms with van der Waals surface area (Å²) in [7, 11) is -3.32. The van der Waals surface area contributed by atoms with Crippen molar-refractivity contribution in [3.8, 4) is 0 Å². The smallest absolute Gasteiger partial charge is 0.334 e. The molecule has 0 aliphatic heterocycles. The van der Waals surface area contributed by atoms with Crippen molar-refractivity contribution in [1.82, 2.24) is 0 Å². The summed E-state index contributed by atoms with van der Waals surface area (Å²) in [6, 6.07) is 12.1. The van der Waals surface area contributed by atoms with Crippen LogP contribution in [0.4, 0.5) is 4.39 Å². The van der Waals surface area contributed by atoms with Gasteiger partial charge in [-0.05, 0) is 54.3 Å². The Hall–Kier alpha value is -2.47. The number of esters is 1. The van der Waals surface area contributed by atoms with Crippen molar-refractivity contribution < 1.29 is 22.3 Å². The third-order valence-corrected chi connectivity index (χ3v) is 5.01. The van der Waals surface area contributed by atoms with Crippen molar-refractivity contribution in [2.45, 2.75) is 25.2 Å². The molecular weight excluding hydrogens is 355 g/mol. The highest BCUT2D eigenvalue weighted by Gasteiger charge is 2.19. The Morgan fingerprint density at radius 1 is 0.962 bits per heavy atom. The van der Waals surface area contributed by atoms with Crippen LogP contribution in [0.3, 0.4) is 0 Å². The topological polar surface area (TPSA) is 60.4 Å². The maximum Gasteiger partial charge on any atom is 0.334 e. The van der Waals surface area contributed by atoms with E-state index in [-0.39, 0.29) is 17.3 Å². The molecule has 2 aromatic rings. The van der Waals surface area contributed by atoms with Crippen molar-refractivity contribution in [2.75, 3.05) is 12.9 Å². The quantitative estimate of drug-likeness (QED) is 0.565. The van der Waals surface area contributed by atoms with Gasteiger partial charge in [0.1, 0.15) is 5.82 Å². The minimum atomic E-state index is -3.32. The number of benzene rings is 2. The first-order valence-corrected chi connectivity index (χ1v) is 10.1. The Morgan fingerprint density at radius 3 is 1.88 bits per heavy atom. The van der Waals surface area contributed by atoms with Crippen LogP contribution in [0, 0.1) is 5.82 Å². The molecule has 0 atom stereocenters. The van der Waals surface area contributed by atoms with E-state index in [1.807, 2.05) is 6.92 Å². The number of carbonyl (C=O) groups excluding carboxylic acids is 1. The molecule has 0 bridgehead atoms. The minimum absolute atomic E-state index is 0.189. The van der Waals surface area contributed by atoms with Crippen molar-refractivity contribution in [2.24, 2.45) is 0 Å². The molecule has 26 heavy (non-hydrogen) atoms. The Morgan fingerprint density at radius 2 is 1.46 bits per heavy atom. The summed E-state index contributed by atoms with van der Waals surface area (Å²) in [6.07, 6.45) is 1.55. The molecule has 138 valence electrons. The molecule has 0 unspecified atom stereocenters. The minimum Gasteiger partial charge on any atom is -0.463 e. The van der Waals surface area contributed by atoms with E-state index in [2.05, 4.69) is 0 Å². The number of hydrogen-bond donors (Lipinski definition) is 0. The summed E-state index contributed by atoms with van der Waals surface area (Å²) in [5.74, 6) is -0.823. The first-order chi connectivity index (χ1) is 12.3. The molecule has 0 aliphatic rings. The van der Waals surface area contributed by atoms with Crippen molar-refractivity contribution in [3.05, 3.63) is 71.0 Å². The zero-order valence-corrected chi connectivity index (χ0v) is 15.8. The maximum atomic E-state index is 13.3. The van der Waals surface area contributed by atoms with Crippen LogP contribution < -0.4 is 0 Å². The van der Waals surface area contributed by atoms with Crippen LogP contribution in [0.25, 0.3) is 5.57 Å². The largest absolute Gasteiger partial charge is 0.463 e. The highest BCUT2D eigenvalue weighted by Crippen LogP contribution is 2.30. The molecule has 0 fully saturated rings. The van der Waals surface area contributed by atoms with Gasteiger partial charge in [-0.1, -0.05) is 31.2 Å². The van der Waals surface area contributed by atoms with Crippen LogP contribution in [-0.2, 0) is 19.4 Å². The van der Waals surface area contributed by atoms with Crippen LogP contribution >= 0.6 is 0 Å². The first-order valence-electron chi connectivity index (χ1n) is 8.24. The lowest BCUT2D eigenvalue weighted by Gasteiger charge is -2.15. The molecule has 2 aromatic carbocycles. The summed E-state index contributed by atoms with van der Waals surface area (Å²) < 4.78 is 41.8. The number of sulfone groups is 1. The molecule has 4 nitrogen and oxygen atoms in total. The monoisotopic (exact) mass is 376 g/mol. The van der Waals surface area contributed by atoms with E-state index in [1.54, 1.807) is 31.2 Å². The summed E-state index contributed by atoms with van der Waals surface area (Å²) >= 11 is 0. The number of hydrogen-bond acceptors (Lipinski definition) is 4. The molecule has 0 aromatic heterocycles. The fraction of sp³-hybridized carbons (Fsp3) is 0.250. The number of carbonyl (C=O) groups is 1. The van der Waals surface area contributed by atoms with Crippen LogP contribution in [0.5, 0.6) is 0 Å². The van der Waals surface area contributed by atoms with Crippen LogP contribution in [-0.4, -0.2) is 27.2 Å². The van der Waals surface area contributed by atoms with Crippen LogP contribution in [0.2, 0.25) is 0 Å². The normalized spacial score (nSPS) is 12.5. The fourth-order valence-corrected chi connectivity index (χ4v) is 3.27. The average molecular weight is 376 g/mol. The van der Waals surface area contributed by atoms with E-state index in [1.165, 1.54) is 24.3 Å². The molecule has 0 saturated carbocycles. The van der Waals surface area contributed by atoms with E-state index < -0.39 is 15.8 Å². The predicted molar refractivity (Wildman–Crippen MR) is 98.9 cm³/mol. The summed E-state index contributed by atoms with van der Waals surface area (Å²) in [5.41, 5.74) is 2.37. The van der Waals surface area contributed by atoms with Gasteiger partial charge in [0.2, 0.25) is 0 Å². The molecule has 0 N–H and O–H groups in total. The summed E-state index contributed by atoms with van der Waals surface area (Å²) in [5, 5.41) is 0. The second-order valence-corrected chi connectivity index (χ2v) is 7.75. The SMILES string of the molecule is CCOC(=O)/C(CC)=C(\c1ccc(F)cc1)c1ccc(S(C)(=O)=O)cc1. The highest BCUT2D eigenvalue weighted by atomic mass is 32.2. The molecule has 0 amide bonds.